The van der Waals surface area contributed by atoms with Gasteiger partial charge in [0, 0.05) is 31.3 Å². The fourth-order valence-electron chi connectivity index (χ4n) is 2.51. The molecule has 1 fully saturated rings. The molecule has 0 bridgehead atoms. The zero-order chi connectivity index (χ0) is 14.0. The lowest BCUT2D eigenvalue weighted by molar-refractivity contribution is -0.384. The summed E-state index contributed by atoms with van der Waals surface area (Å²) in [5.41, 5.74) is 0.620. The van der Waals surface area contributed by atoms with Crippen molar-refractivity contribution in [2.75, 3.05) is 25.0 Å². The maximum Gasteiger partial charge on any atom is 0.272 e. The lowest BCUT2D eigenvalue weighted by Gasteiger charge is -2.28. The Labute approximate surface area is 121 Å². The second-order valence-electron chi connectivity index (χ2n) is 4.56. The molecule has 0 aliphatic carbocycles. The summed E-state index contributed by atoms with van der Waals surface area (Å²) in [6, 6.07) is 3.04. The topological polar surface area (TPSA) is 58.4 Å². The number of nitrogens with zero attached hydrogens (tertiary/aromatic N) is 2. The Morgan fingerprint density at radius 1 is 1.47 bits per heavy atom. The SMILES string of the molecule is CNCC1CCCN1c1c(Cl)cc([N+](=O)[O-])cc1Cl. The van der Waals surface area contributed by atoms with E-state index in [1.807, 2.05) is 7.05 Å². The number of hydrogen-bond donors (Lipinski definition) is 1. The highest BCUT2D eigenvalue weighted by Gasteiger charge is 2.28. The monoisotopic (exact) mass is 303 g/mol. The van der Waals surface area contributed by atoms with E-state index in [1.54, 1.807) is 0 Å². The van der Waals surface area contributed by atoms with Crippen LogP contribution >= 0.6 is 23.2 Å². The minimum atomic E-state index is -0.489. The molecule has 19 heavy (non-hydrogen) atoms. The van der Waals surface area contributed by atoms with Gasteiger partial charge in [-0.05, 0) is 19.9 Å². The molecular weight excluding hydrogens is 289 g/mol. The van der Waals surface area contributed by atoms with E-state index >= 15 is 0 Å². The highest BCUT2D eigenvalue weighted by molar-refractivity contribution is 6.39. The van der Waals surface area contributed by atoms with E-state index in [0.29, 0.717) is 21.8 Å². The summed E-state index contributed by atoms with van der Waals surface area (Å²) in [6.45, 7) is 1.70. The van der Waals surface area contributed by atoms with Crippen molar-refractivity contribution in [2.45, 2.75) is 18.9 Å². The standard InChI is InChI=1S/C12H15Cl2N3O2/c1-15-7-8-3-2-4-16(8)12-10(13)5-9(17(18)19)6-11(12)14/h5-6,8,15H,2-4,7H2,1H3. The van der Waals surface area contributed by atoms with E-state index in [-0.39, 0.29) is 5.69 Å². The van der Waals surface area contributed by atoms with Crippen LogP contribution in [0.1, 0.15) is 12.8 Å². The van der Waals surface area contributed by atoms with Crippen molar-refractivity contribution < 1.29 is 4.92 Å². The summed E-state index contributed by atoms with van der Waals surface area (Å²) < 4.78 is 0. The zero-order valence-electron chi connectivity index (χ0n) is 10.5. The summed E-state index contributed by atoms with van der Waals surface area (Å²) in [5, 5.41) is 14.6. The van der Waals surface area contributed by atoms with Crippen LogP contribution in [0, 0.1) is 10.1 Å². The number of halogens is 2. The fraction of sp³-hybridized carbons (Fsp3) is 0.500. The lowest BCUT2D eigenvalue weighted by atomic mass is 10.2. The molecule has 104 valence electrons. The Hall–Kier alpha value is -1.04. The number of nitrogens with one attached hydrogen (secondary N) is 1. The van der Waals surface area contributed by atoms with Crippen LogP contribution in [0.2, 0.25) is 10.0 Å². The maximum atomic E-state index is 10.8. The molecule has 1 atom stereocenters. The molecule has 1 saturated heterocycles. The molecule has 0 radical (unpaired) electrons. The Kier molecular flexibility index (Phi) is 4.50. The van der Waals surface area contributed by atoms with E-state index in [2.05, 4.69) is 10.2 Å². The van der Waals surface area contributed by atoms with Crippen molar-refractivity contribution in [3.8, 4) is 0 Å². The third-order valence-electron chi connectivity index (χ3n) is 3.32. The number of hydrogen-bond acceptors (Lipinski definition) is 4. The molecule has 7 heteroatoms. The van der Waals surface area contributed by atoms with Gasteiger partial charge in [0.05, 0.1) is 20.7 Å². The summed E-state index contributed by atoms with van der Waals surface area (Å²) in [6.07, 6.45) is 2.13. The predicted octanol–water partition coefficient (Wildman–Crippen LogP) is 3.09. The van der Waals surface area contributed by atoms with E-state index in [1.165, 1.54) is 12.1 Å². The number of nitro groups is 1. The quantitative estimate of drug-likeness (QED) is 0.686. The lowest BCUT2D eigenvalue weighted by Crippen LogP contribution is -2.37. The molecule has 1 aromatic rings. The molecule has 0 spiro atoms. The van der Waals surface area contributed by atoms with Gasteiger partial charge in [0.1, 0.15) is 0 Å². The molecule has 1 unspecified atom stereocenters. The number of rotatable bonds is 4. The maximum absolute atomic E-state index is 10.8. The molecular formula is C12H15Cl2N3O2. The zero-order valence-corrected chi connectivity index (χ0v) is 12.0. The Bertz CT molecular complexity index is 473. The molecule has 1 heterocycles. The van der Waals surface area contributed by atoms with Crippen molar-refractivity contribution in [1.29, 1.82) is 0 Å². The van der Waals surface area contributed by atoms with Crippen LogP contribution < -0.4 is 10.2 Å². The van der Waals surface area contributed by atoms with Crippen LogP contribution in [0.25, 0.3) is 0 Å². The van der Waals surface area contributed by atoms with Gasteiger partial charge in [-0.25, -0.2) is 0 Å². The van der Waals surface area contributed by atoms with Crippen molar-refractivity contribution in [2.24, 2.45) is 0 Å². The van der Waals surface area contributed by atoms with Crippen molar-refractivity contribution in [3.05, 3.63) is 32.3 Å². The molecule has 0 amide bonds. The molecule has 1 aromatic carbocycles. The second-order valence-corrected chi connectivity index (χ2v) is 5.38. The largest absolute Gasteiger partial charge is 0.365 e. The second kappa shape index (κ2) is 5.94. The van der Waals surface area contributed by atoms with Gasteiger partial charge in [0.25, 0.3) is 5.69 Å². The van der Waals surface area contributed by atoms with Crippen LogP contribution in [-0.2, 0) is 0 Å². The van der Waals surface area contributed by atoms with Gasteiger partial charge in [0.2, 0.25) is 0 Å². The van der Waals surface area contributed by atoms with Crippen LogP contribution in [-0.4, -0.2) is 31.1 Å². The van der Waals surface area contributed by atoms with Crippen LogP contribution in [0.4, 0.5) is 11.4 Å². The smallest absolute Gasteiger partial charge is 0.272 e. The molecule has 1 aliphatic heterocycles. The van der Waals surface area contributed by atoms with Gasteiger partial charge in [-0.15, -0.1) is 0 Å². The van der Waals surface area contributed by atoms with E-state index < -0.39 is 4.92 Å². The highest BCUT2D eigenvalue weighted by Crippen LogP contribution is 2.40. The average Bonchev–Trinajstić information content (AvgIpc) is 2.77. The summed E-state index contributed by atoms with van der Waals surface area (Å²) in [4.78, 5) is 12.4. The van der Waals surface area contributed by atoms with Gasteiger partial charge in [-0.1, -0.05) is 23.2 Å². The van der Waals surface area contributed by atoms with Gasteiger partial charge in [-0.2, -0.15) is 0 Å². The summed E-state index contributed by atoms with van der Waals surface area (Å²) >= 11 is 12.3. The number of likely N-dealkylation sites (N-methyl/N-ethyl adjacent to an activating group) is 1. The van der Waals surface area contributed by atoms with Gasteiger partial charge >= 0.3 is 0 Å². The van der Waals surface area contributed by atoms with E-state index in [9.17, 15) is 10.1 Å². The van der Waals surface area contributed by atoms with Crippen LogP contribution in [0.3, 0.4) is 0 Å². The third-order valence-corrected chi connectivity index (χ3v) is 3.89. The first-order valence-electron chi connectivity index (χ1n) is 6.09. The molecule has 1 aliphatic rings. The third kappa shape index (κ3) is 2.94. The molecule has 2 rings (SSSR count). The van der Waals surface area contributed by atoms with Crippen molar-refractivity contribution in [1.82, 2.24) is 5.32 Å². The minimum Gasteiger partial charge on any atom is -0.365 e. The normalized spacial score (nSPS) is 18.9. The first-order chi connectivity index (χ1) is 9.04. The van der Waals surface area contributed by atoms with Crippen molar-refractivity contribution in [3.63, 3.8) is 0 Å². The number of benzene rings is 1. The Morgan fingerprint density at radius 3 is 2.63 bits per heavy atom. The molecule has 0 saturated carbocycles. The average molecular weight is 304 g/mol. The number of nitro benzene ring substituents is 1. The van der Waals surface area contributed by atoms with Gasteiger partial charge in [0.15, 0.2) is 0 Å². The highest BCUT2D eigenvalue weighted by atomic mass is 35.5. The Balaban J connectivity index is 2.37. The minimum absolute atomic E-state index is 0.0805. The van der Waals surface area contributed by atoms with Crippen molar-refractivity contribution >= 4 is 34.6 Å². The number of anilines is 1. The number of non-ortho nitro benzene ring substituents is 1. The first-order valence-corrected chi connectivity index (χ1v) is 6.85. The molecule has 1 N–H and O–H groups in total. The first kappa shape index (κ1) is 14.4. The van der Waals surface area contributed by atoms with Crippen LogP contribution in [0.5, 0.6) is 0 Å². The molecule has 0 aromatic heterocycles. The summed E-state index contributed by atoms with van der Waals surface area (Å²) in [7, 11) is 1.90. The predicted molar refractivity (Wildman–Crippen MR) is 77.4 cm³/mol. The van der Waals surface area contributed by atoms with Gasteiger partial charge in [-0.3, -0.25) is 10.1 Å². The van der Waals surface area contributed by atoms with Crippen LogP contribution in [0.15, 0.2) is 12.1 Å². The fourth-order valence-corrected chi connectivity index (χ4v) is 3.20. The Morgan fingerprint density at radius 2 is 2.11 bits per heavy atom. The summed E-state index contributed by atoms with van der Waals surface area (Å²) in [5.74, 6) is 0. The van der Waals surface area contributed by atoms with E-state index in [0.717, 1.165) is 25.9 Å². The molecule has 5 nitrogen and oxygen atoms in total. The van der Waals surface area contributed by atoms with E-state index in [4.69, 9.17) is 23.2 Å². The van der Waals surface area contributed by atoms with Gasteiger partial charge < -0.3 is 10.2 Å².